The van der Waals surface area contributed by atoms with Gasteiger partial charge in [-0.15, -0.1) is 0 Å². The fourth-order valence-electron chi connectivity index (χ4n) is 6.88. The summed E-state index contributed by atoms with van der Waals surface area (Å²) in [6, 6.07) is 48.4. The largest absolute Gasteiger partial charge is 0.354 e. The first-order valence-corrected chi connectivity index (χ1v) is 17.1. The third kappa shape index (κ3) is 5.25. The van der Waals surface area contributed by atoms with E-state index in [9.17, 15) is 0 Å². The fraction of sp³-hybridized carbons (Fsp3) is 0. The molecule has 9 rings (SSSR count). The van der Waals surface area contributed by atoms with Gasteiger partial charge in [0.2, 0.25) is 0 Å². The summed E-state index contributed by atoms with van der Waals surface area (Å²) in [6.07, 6.45) is 8.48. The van der Waals surface area contributed by atoms with Crippen LogP contribution in [0.4, 0.5) is 0 Å². The minimum atomic E-state index is 0.870. The summed E-state index contributed by atoms with van der Waals surface area (Å²) in [5, 5.41) is 0. The Morgan fingerprint density at radius 1 is 0.367 bits per heavy atom. The molecule has 232 valence electrons. The highest BCUT2D eigenvalue weighted by atomic mass is 79.9. The Kier molecular flexibility index (Phi) is 7.25. The average Bonchev–Trinajstić information content (AvgIpc) is 3.98. The molecule has 0 saturated carbocycles. The fourth-order valence-corrected chi connectivity index (χ4v) is 7.40. The summed E-state index contributed by atoms with van der Waals surface area (Å²) < 4.78 is 0.959. The van der Waals surface area contributed by atoms with E-state index >= 15 is 0 Å². The van der Waals surface area contributed by atoms with Crippen LogP contribution in [0.1, 0.15) is 22.8 Å². The van der Waals surface area contributed by atoms with E-state index in [1.54, 1.807) is 0 Å². The van der Waals surface area contributed by atoms with Gasteiger partial charge in [0.15, 0.2) is 0 Å². The van der Waals surface area contributed by atoms with E-state index in [-0.39, 0.29) is 0 Å². The Hall–Kier alpha value is -6.04. The third-order valence-corrected chi connectivity index (χ3v) is 9.69. The van der Waals surface area contributed by atoms with Gasteiger partial charge in [-0.2, -0.15) is 0 Å². The lowest BCUT2D eigenvalue weighted by atomic mass is 10.0. The number of nitrogens with one attached hydrogen (secondary N) is 2. The van der Waals surface area contributed by atoms with Crippen molar-refractivity contribution in [2.24, 2.45) is 0 Å². The molecule has 2 N–H and O–H groups in total. The van der Waals surface area contributed by atoms with Crippen LogP contribution in [0, 0.1) is 0 Å². The summed E-state index contributed by atoms with van der Waals surface area (Å²) in [4.78, 5) is 18.4. The van der Waals surface area contributed by atoms with Crippen LogP contribution in [-0.2, 0) is 0 Å². The molecule has 0 aliphatic carbocycles. The molecule has 4 nitrogen and oxygen atoms in total. The average molecular weight is 694 g/mol. The summed E-state index contributed by atoms with van der Waals surface area (Å²) in [6.45, 7) is 0. The van der Waals surface area contributed by atoms with Crippen molar-refractivity contribution in [1.82, 2.24) is 19.9 Å². The van der Waals surface area contributed by atoms with Crippen molar-refractivity contribution in [3.05, 3.63) is 167 Å². The van der Waals surface area contributed by atoms with Crippen molar-refractivity contribution in [2.45, 2.75) is 0 Å². The van der Waals surface area contributed by atoms with Crippen LogP contribution in [-0.4, -0.2) is 19.9 Å². The van der Waals surface area contributed by atoms with E-state index in [1.165, 1.54) is 0 Å². The van der Waals surface area contributed by atoms with E-state index in [0.717, 1.165) is 93.8 Å². The highest BCUT2D eigenvalue weighted by Gasteiger charge is 2.20. The lowest BCUT2D eigenvalue weighted by Crippen LogP contribution is -1.91. The van der Waals surface area contributed by atoms with E-state index < -0.39 is 0 Å². The van der Waals surface area contributed by atoms with E-state index in [1.807, 2.05) is 18.2 Å². The van der Waals surface area contributed by atoms with Crippen LogP contribution in [0.5, 0.6) is 0 Å². The van der Waals surface area contributed by atoms with Crippen molar-refractivity contribution in [2.75, 3.05) is 0 Å². The van der Waals surface area contributed by atoms with Crippen molar-refractivity contribution in [1.29, 1.82) is 0 Å². The summed E-state index contributed by atoms with van der Waals surface area (Å²) in [5.41, 5.74) is 15.9. The molecule has 0 spiro atoms. The second-order valence-electron chi connectivity index (χ2n) is 12.1. The van der Waals surface area contributed by atoms with Gasteiger partial charge in [0.1, 0.15) is 0 Å². The lowest BCUT2D eigenvalue weighted by Gasteiger charge is -2.07. The van der Waals surface area contributed by atoms with Gasteiger partial charge in [-0.05, 0) is 80.7 Å². The molecule has 0 unspecified atom stereocenters. The highest BCUT2D eigenvalue weighted by Crippen LogP contribution is 2.40. The van der Waals surface area contributed by atoms with Crippen molar-refractivity contribution in [3.63, 3.8) is 0 Å². The van der Waals surface area contributed by atoms with Gasteiger partial charge in [0.05, 0.1) is 28.3 Å². The Balaban J connectivity index is 1.51. The molecule has 0 amide bonds. The minimum Gasteiger partial charge on any atom is -0.354 e. The predicted octanol–water partition coefficient (Wildman–Crippen LogP) is 12.1. The van der Waals surface area contributed by atoms with Gasteiger partial charge in [0.25, 0.3) is 0 Å². The normalized spacial score (nSPS) is 12.0. The molecule has 5 heterocycles. The molecule has 7 aromatic rings. The predicted molar refractivity (Wildman–Crippen MR) is 208 cm³/mol. The SMILES string of the molecule is Brc1cc2[nH]c1c(-c1ccccc1)c1nc(c(-c3ccccc3)c3nc(c(-c4ccccc4)c4ccc([nH]4)c2-c2ccccc2)C=C3)C=C1. The number of aromatic nitrogens is 4. The van der Waals surface area contributed by atoms with Gasteiger partial charge in [-0.25, -0.2) is 9.97 Å². The maximum atomic E-state index is 5.35. The van der Waals surface area contributed by atoms with Crippen LogP contribution in [0.15, 0.2) is 144 Å². The molecule has 0 fully saturated rings. The molecule has 0 atom stereocenters. The smallest absolute Gasteiger partial charge is 0.0738 e. The Morgan fingerprint density at radius 3 is 1.27 bits per heavy atom. The number of H-pyrrole nitrogens is 2. The van der Waals surface area contributed by atoms with Crippen molar-refractivity contribution < 1.29 is 0 Å². The Bertz CT molecular complexity index is 2580. The van der Waals surface area contributed by atoms with Gasteiger partial charge < -0.3 is 9.97 Å². The Morgan fingerprint density at radius 2 is 0.755 bits per heavy atom. The molecule has 5 heteroatoms. The van der Waals surface area contributed by atoms with Crippen molar-refractivity contribution >= 4 is 62.3 Å². The van der Waals surface area contributed by atoms with Gasteiger partial charge in [-0.3, -0.25) is 0 Å². The zero-order valence-corrected chi connectivity index (χ0v) is 27.9. The third-order valence-electron chi connectivity index (χ3n) is 9.07. The summed E-state index contributed by atoms with van der Waals surface area (Å²) in [7, 11) is 0. The van der Waals surface area contributed by atoms with Crippen LogP contribution < -0.4 is 0 Å². The standard InChI is InChI=1S/C44H29BrN4/c45-32-27-39-42(30-17-9-3-10-18-30)37-24-23-35(47-37)40(28-13-5-1-6-14-28)33-21-22-34(46-33)41(29-15-7-2-8-16-29)36-25-26-38(48-36)43(44(32)49-39)31-19-11-4-12-20-31/h1-27,47,49H. The minimum absolute atomic E-state index is 0.870. The number of aromatic amines is 2. The molecule has 0 saturated heterocycles. The number of hydrogen-bond donors (Lipinski definition) is 2. The zero-order chi connectivity index (χ0) is 32.7. The quantitative estimate of drug-likeness (QED) is 0.193. The van der Waals surface area contributed by atoms with E-state index in [2.05, 4.69) is 172 Å². The second-order valence-corrected chi connectivity index (χ2v) is 12.9. The van der Waals surface area contributed by atoms with Gasteiger partial charge >= 0.3 is 0 Å². The van der Waals surface area contributed by atoms with Crippen molar-refractivity contribution in [3.8, 4) is 44.5 Å². The number of hydrogen-bond acceptors (Lipinski definition) is 2. The molecular formula is C44H29BrN4. The molecule has 3 aromatic heterocycles. The van der Waals surface area contributed by atoms with Crippen LogP contribution in [0.25, 0.3) is 90.9 Å². The number of halogens is 1. The number of nitrogens with zero attached hydrogens (tertiary/aromatic N) is 2. The summed E-state index contributed by atoms with van der Waals surface area (Å²) >= 11 is 3.96. The maximum absolute atomic E-state index is 5.35. The monoisotopic (exact) mass is 692 g/mol. The highest BCUT2D eigenvalue weighted by molar-refractivity contribution is 9.10. The molecule has 2 aliphatic heterocycles. The van der Waals surface area contributed by atoms with Gasteiger partial charge in [-0.1, -0.05) is 121 Å². The first-order valence-electron chi connectivity index (χ1n) is 16.3. The number of benzene rings is 4. The second kappa shape index (κ2) is 12.2. The first kappa shape index (κ1) is 29.1. The zero-order valence-electron chi connectivity index (χ0n) is 26.4. The lowest BCUT2D eigenvalue weighted by molar-refractivity contribution is 1.28. The molecule has 49 heavy (non-hydrogen) atoms. The molecule has 0 radical (unpaired) electrons. The van der Waals surface area contributed by atoms with Crippen LogP contribution in [0.2, 0.25) is 0 Å². The first-order chi connectivity index (χ1) is 24.2. The van der Waals surface area contributed by atoms with Gasteiger partial charge in [0, 0.05) is 43.3 Å². The number of rotatable bonds is 4. The van der Waals surface area contributed by atoms with E-state index in [0.29, 0.717) is 0 Å². The maximum Gasteiger partial charge on any atom is 0.0738 e. The molecule has 2 aliphatic rings. The van der Waals surface area contributed by atoms with Crippen LogP contribution in [0.3, 0.4) is 0 Å². The molecular weight excluding hydrogens is 664 g/mol. The van der Waals surface area contributed by atoms with E-state index in [4.69, 9.17) is 9.97 Å². The Labute approximate surface area is 292 Å². The summed E-state index contributed by atoms with van der Waals surface area (Å²) in [5.74, 6) is 0. The molecule has 8 bridgehead atoms. The topological polar surface area (TPSA) is 57.4 Å². The van der Waals surface area contributed by atoms with Crippen LogP contribution >= 0.6 is 15.9 Å². The number of fused-ring (bicyclic) bond motifs is 8. The molecule has 4 aromatic carbocycles.